The fourth-order valence-electron chi connectivity index (χ4n) is 1.84. The van der Waals surface area contributed by atoms with Crippen molar-refractivity contribution < 1.29 is 4.74 Å². The molecule has 4 heteroatoms. The molecule has 1 N–H and O–H groups in total. The lowest BCUT2D eigenvalue weighted by atomic mass is 10.0. The fraction of sp³-hybridized carbons (Fsp3) is 0.500. The van der Waals surface area contributed by atoms with Crippen LogP contribution < -0.4 is 5.32 Å². The second-order valence-corrected chi connectivity index (χ2v) is 3.95. The first-order valence-corrected chi connectivity index (χ1v) is 5.57. The van der Waals surface area contributed by atoms with E-state index in [1.54, 1.807) is 6.20 Å². The summed E-state index contributed by atoms with van der Waals surface area (Å²) in [5.74, 6) is 0.639. The second kappa shape index (κ2) is 5.47. The maximum absolute atomic E-state index is 8.88. The van der Waals surface area contributed by atoms with Crippen molar-refractivity contribution in [1.82, 2.24) is 4.98 Å². The van der Waals surface area contributed by atoms with Gasteiger partial charge >= 0.3 is 0 Å². The van der Waals surface area contributed by atoms with Gasteiger partial charge in [0.15, 0.2) is 5.69 Å². The molecule has 0 aromatic carbocycles. The average Bonchev–Trinajstić information content (AvgIpc) is 2.38. The molecule has 0 bridgehead atoms. The van der Waals surface area contributed by atoms with Crippen LogP contribution in [0.1, 0.15) is 18.5 Å². The summed E-state index contributed by atoms with van der Waals surface area (Å²) in [5, 5.41) is 12.2. The van der Waals surface area contributed by atoms with E-state index in [9.17, 15) is 0 Å². The van der Waals surface area contributed by atoms with Crippen molar-refractivity contribution in [2.24, 2.45) is 5.92 Å². The first-order valence-electron chi connectivity index (χ1n) is 5.57. The quantitative estimate of drug-likeness (QED) is 0.838. The summed E-state index contributed by atoms with van der Waals surface area (Å²) < 4.78 is 5.30. The van der Waals surface area contributed by atoms with E-state index < -0.39 is 0 Å². The molecule has 84 valence electrons. The van der Waals surface area contributed by atoms with Crippen LogP contribution in [0.15, 0.2) is 18.3 Å². The Morgan fingerprint density at radius 2 is 2.31 bits per heavy atom. The number of rotatable bonds is 3. The first kappa shape index (κ1) is 10.9. The Labute approximate surface area is 95.3 Å². The molecule has 0 amide bonds. The van der Waals surface area contributed by atoms with Gasteiger partial charge in [0.2, 0.25) is 0 Å². The first-order chi connectivity index (χ1) is 7.90. The third-order valence-corrected chi connectivity index (χ3v) is 2.84. The minimum atomic E-state index is 0.467. The van der Waals surface area contributed by atoms with E-state index in [2.05, 4.69) is 16.4 Å². The molecule has 4 nitrogen and oxygen atoms in total. The number of hydrogen-bond acceptors (Lipinski definition) is 4. The molecule has 2 heterocycles. The highest BCUT2D eigenvalue weighted by atomic mass is 16.5. The molecule has 1 aliphatic rings. The highest BCUT2D eigenvalue weighted by molar-refractivity contribution is 5.53. The minimum Gasteiger partial charge on any atom is -0.382 e. The average molecular weight is 217 g/mol. The Kier molecular flexibility index (Phi) is 3.73. The van der Waals surface area contributed by atoms with Crippen LogP contribution in [0.25, 0.3) is 0 Å². The summed E-state index contributed by atoms with van der Waals surface area (Å²) in [6, 6.07) is 5.82. The number of nitriles is 1. The maximum Gasteiger partial charge on any atom is 0.163 e. The van der Waals surface area contributed by atoms with Gasteiger partial charge in [-0.25, -0.2) is 4.98 Å². The standard InChI is InChI=1S/C12H15N3O/c13-8-12-11(2-1-5-14-12)15-9-10-3-6-16-7-4-10/h1-2,5,10,15H,3-4,6-7,9H2. The predicted octanol–water partition coefficient (Wildman–Crippen LogP) is 1.79. The predicted molar refractivity (Wildman–Crippen MR) is 61.0 cm³/mol. The molecular formula is C12H15N3O. The Morgan fingerprint density at radius 3 is 3.06 bits per heavy atom. The summed E-state index contributed by atoms with van der Waals surface area (Å²) in [7, 11) is 0. The van der Waals surface area contributed by atoms with Crippen molar-refractivity contribution in [3.05, 3.63) is 24.0 Å². The Balaban J connectivity index is 1.91. The van der Waals surface area contributed by atoms with E-state index in [0.29, 0.717) is 11.6 Å². The van der Waals surface area contributed by atoms with Crippen molar-refractivity contribution in [3.8, 4) is 6.07 Å². The summed E-state index contributed by atoms with van der Waals surface area (Å²) in [6.07, 6.45) is 3.82. The molecule has 1 saturated heterocycles. The molecule has 1 aromatic rings. The summed E-state index contributed by atoms with van der Waals surface area (Å²) >= 11 is 0. The van der Waals surface area contributed by atoms with E-state index in [-0.39, 0.29) is 0 Å². The van der Waals surface area contributed by atoms with Gasteiger partial charge in [-0.15, -0.1) is 0 Å². The zero-order valence-corrected chi connectivity index (χ0v) is 9.15. The lowest BCUT2D eigenvalue weighted by Crippen LogP contribution is -2.22. The highest BCUT2D eigenvalue weighted by Gasteiger charge is 2.13. The lowest BCUT2D eigenvalue weighted by molar-refractivity contribution is 0.0699. The van der Waals surface area contributed by atoms with Gasteiger partial charge in [-0.3, -0.25) is 0 Å². The number of hydrogen-bond donors (Lipinski definition) is 1. The normalized spacial score (nSPS) is 16.7. The highest BCUT2D eigenvalue weighted by Crippen LogP contribution is 2.17. The topological polar surface area (TPSA) is 57.9 Å². The molecule has 1 aromatic heterocycles. The SMILES string of the molecule is N#Cc1ncccc1NCC1CCOCC1. The number of ether oxygens (including phenoxy) is 1. The smallest absolute Gasteiger partial charge is 0.163 e. The van der Waals surface area contributed by atoms with Gasteiger partial charge in [0.05, 0.1) is 5.69 Å². The Bertz CT molecular complexity index is 380. The molecule has 0 spiro atoms. The molecule has 0 radical (unpaired) electrons. The molecule has 0 atom stereocenters. The fourth-order valence-corrected chi connectivity index (χ4v) is 1.84. The molecule has 1 fully saturated rings. The van der Waals surface area contributed by atoms with Crippen molar-refractivity contribution in [3.63, 3.8) is 0 Å². The molecule has 1 aliphatic heterocycles. The number of pyridine rings is 1. The van der Waals surface area contributed by atoms with E-state index in [1.807, 2.05) is 12.1 Å². The monoisotopic (exact) mass is 217 g/mol. The van der Waals surface area contributed by atoms with Gasteiger partial charge in [0.25, 0.3) is 0 Å². The van der Waals surface area contributed by atoms with Crippen LogP contribution in [0.4, 0.5) is 5.69 Å². The summed E-state index contributed by atoms with van der Waals surface area (Å²) in [5.41, 5.74) is 1.30. The van der Waals surface area contributed by atoms with E-state index in [0.717, 1.165) is 38.3 Å². The van der Waals surface area contributed by atoms with Crippen LogP contribution in [0, 0.1) is 17.2 Å². The van der Waals surface area contributed by atoms with Crippen LogP contribution >= 0.6 is 0 Å². The number of aromatic nitrogens is 1. The van der Waals surface area contributed by atoms with E-state index in [4.69, 9.17) is 10.00 Å². The summed E-state index contributed by atoms with van der Waals surface area (Å²) in [4.78, 5) is 4.01. The molecule has 0 saturated carbocycles. The van der Waals surface area contributed by atoms with Crippen molar-refractivity contribution in [2.75, 3.05) is 25.1 Å². The zero-order valence-electron chi connectivity index (χ0n) is 9.15. The van der Waals surface area contributed by atoms with Crippen molar-refractivity contribution >= 4 is 5.69 Å². The molecular weight excluding hydrogens is 202 g/mol. The van der Waals surface area contributed by atoms with Gasteiger partial charge in [-0.2, -0.15) is 5.26 Å². The Hall–Kier alpha value is -1.60. The van der Waals surface area contributed by atoms with Gasteiger partial charge in [-0.1, -0.05) is 0 Å². The molecule has 0 unspecified atom stereocenters. The minimum absolute atomic E-state index is 0.467. The second-order valence-electron chi connectivity index (χ2n) is 3.95. The van der Waals surface area contributed by atoms with Crippen molar-refractivity contribution in [1.29, 1.82) is 5.26 Å². The van der Waals surface area contributed by atoms with Crippen LogP contribution in [0.5, 0.6) is 0 Å². The van der Waals surface area contributed by atoms with Crippen LogP contribution in [0.3, 0.4) is 0 Å². The van der Waals surface area contributed by atoms with Crippen LogP contribution in [-0.4, -0.2) is 24.7 Å². The third kappa shape index (κ3) is 2.71. The molecule has 16 heavy (non-hydrogen) atoms. The van der Waals surface area contributed by atoms with Gasteiger partial charge in [0.1, 0.15) is 6.07 Å². The van der Waals surface area contributed by atoms with Crippen LogP contribution in [-0.2, 0) is 4.74 Å². The van der Waals surface area contributed by atoms with Gasteiger partial charge in [-0.05, 0) is 30.9 Å². The maximum atomic E-state index is 8.88. The molecule has 0 aliphatic carbocycles. The summed E-state index contributed by atoms with van der Waals surface area (Å²) in [6.45, 7) is 2.60. The van der Waals surface area contributed by atoms with E-state index in [1.165, 1.54) is 0 Å². The van der Waals surface area contributed by atoms with Gasteiger partial charge in [0, 0.05) is 26.0 Å². The van der Waals surface area contributed by atoms with Crippen molar-refractivity contribution in [2.45, 2.75) is 12.8 Å². The molecule has 2 rings (SSSR count). The zero-order chi connectivity index (χ0) is 11.2. The number of anilines is 1. The Morgan fingerprint density at radius 1 is 1.50 bits per heavy atom. The third-order valence-electron chi connectivity index (χ3n) is 2.84. The van der Waals surface area contributed by atoms with Gasteiger partial charge < -0.3 is 10.1 Å². The lowest BCUT2D eigenvalue weighted by Gasteiger charge is -2.22. The number of nitrogens with one attached hydrogen (secondary N) is 1. The van der Waals surface area contributed by atoms with Crippen LogP contribution in [0.2, 0.25) is 0 Å². The largest absolute Gasteiger partial charge is 0.382 e. The number of nitrogens with zero attached hydrogens (tertiary/aromatic N) is 2. The van der Waals surface area contributed by atoms with E-state index >= 15 is 0 Å².